The molecule has 0 saturated heterocycles. The third kappa shape index (κ3) is 3.30. The number of hydrogen-bond donors (Lipinski definition) is 1. The van der Waals surface area contributed by atoms with Crippen molar-refractivity contribution in [2.75, 3.05) is 7.05 Å². The van der Waals surface area contributed by atoms with Gasteiger partial charge in [-0.05, 0) is 36.9 Å². The van der Waals surface area contributed by atoms with Gasteiger partial charge in [0.2, 0.25) is 0 Å². The van der Waals surface area contributed by atoms with Crippen LogP contribution >= 0.6 is 11.8 Å². The topological polar surface area (TPSA) is 55.6 Å². The molecular formula is C12H17N5S. The zero-order valence-corrected chi connectivity index (χ0v) is 11.6. The fourth-order valence-corrected chi connectivity index (χ4v) is 2.29. The molecule has 1 aromatic heterocycles. The minimum Gasteiger partial charge on any atom is -0.313 e. The van der Waals surface area contributed by atoms with Crippen molar-refractivity contribution in [2.24, 2.45) is 7.05 Å². The van der Waals surface area contributed by atoms with E-state index in [0.717, 1.165) is 11.6 Å². The molecule has 0 bridgehead atoms. The van der Waals surface area contributed by atoms with E-state index in [9.17, 15) is 0 Å². The predicted molar refractivity (Wildman–Crippen MR) is 72.3 cm³/mol. The van der Waals surface area contributed by atoms with Gasteiger partial charge in [0.25, 0.3) is 0 Å². The molecule has 1 unspecified atom stereocenters. The molecule has 96 valence electrons. The van der Waals surface area contributed by atoms with E-state index >= 15 is 0 Å². The van der Waals surface area contributed by atoms with Gasteiger partial charge >= 0.3 is 0 Å². The standard InChI is InChI=1S/C12H17N5S/c1-9(13-2)10-4-6-11(7-5-10)18-8-12-14-16-17(3)15-12/h4-7,9,13H,8H2,1-3H3. The fraction of sp³-hybridized carbons (Fsp3) is 0.417. The number of benzene rings is 1. The number of hydrogen-bond acceptors (Lipinski definition) is 5. The van der Waals surface area contributed by atoms with Gasteiger partial charge in [0.05, 0.1) is 12.8 Å². The number of nitrogens with one attached hydrogen (secondary N) is 1. The van der Waals surface area contributed by atoms with Crippen molar-refractivity contribution in [2.45, 2.75) is 23.6 Å². The lowest BCUT2D eigenvalue weighted by Crippen LogP contribution is -2.11. The molecule has 0 amide bonds. The summed E-state index contributed by atoms with van der Waals surface area (Å²) in [6, 6.07) is 8.93. The Hall–Kier alpha value is -1.40. The van der Waals surface area contributed by atoms with E-state index in [0.29, 0.717) is 6.04 Å². The average Bonchev–Trinajstić information content (AvgIpc) is 2.82. The van der Waals surface area contributed by atoms with Gasteiger partial charge in [0.15, 0.2) is 5.82 Å². The van der Waals surface area contributed by atoms with E-state index in [2.05, 4.69) is 51.9 Å². The minimum atomic E-state index is 0.380. The number of nitrogens with zero attached hydrogens (tertiary/aromatic N) is 4. The van der Waals surface area contributed by atoms with E-state index in [1.807, 2.05) is 7.05 Å². The highest BCUT2D eigenvalue weighted by Crippen LogP contribution is 2.23. The average molecular weight is 263 g/mol. The normalized spacial score (nSPS) is 12.6. The van der Waals surface area contributed by atoms with Crippen molar-refractivity contribution in [3.63, 3.8) is 0 Å². The Labute approximate surface area is 111 Å². The molecule has 0 aliphatic carbocycles. The number of tetrazole rings is 1. The predicted octanol–water partition coefficient (Wildman–Crippen LogP) is 1.78. The molecule has 2 aromatic rings. The Balaban J connectivity index is 1.94. The molecule has 1 N–H and O–H groups in total. The van der Waals surface area contributed by atoms with Crippen molar-refractivity contribution in [1.82, 2.24) is 25.5 Å². The highest BCUT2D eigenvalue weighted by Gasteiger charge is 2.04. The van der Waals surface area contributed by atoms with Gasteiger partial charge in [-0.3, -0.25) is 0 Å². The third-order valence-electron chi connectivity index (χ3n) is 2.73. The summed E-state index contributed by atoms with van der Waals surface area (Å²) in [6.07, 6.45) is 0. The summed E-state index contributed by atoms with van der Waals surface area (Å²) in [5.74, 6) is 1.50. The van der Waals surface area contributed by atoms with Crippen molar-refractivity contribution >= 4 is 11.8 Å². The van der Waals surface area contributed by atoms with Gasteiger partial charge in [-0.1, -0.05) is 12.1 Å². The summed E-state index contributed by atoms with van der Waals surface area (Å²) in [5.41, 5.74) is 1.29. The second-order valence-electron chi connectivity index (χ2n) is 4.06. The molecule has 0 fully saturated rings. The molecule has 0 aliphatic heterocycles. The lowest BCUT2D eigenvalue weighted by atomic mass is 10.1. The zero-order chi connectivity index (χ0) is 13.0. The summed E-state index contributed by atoms with van der Waals surface area (Å²) >= 11 is 1.72. The van der Waals surface area contributed by atoms with E-state index in [1.165, 1.54) is 15.3 Å². The number of thioether (sulfide) groups is 1. The van der Waals surface area contributed by atoms with Gasteiger partial charge in [-0.25, -0.2) is 0 Å². The Morgan fingerprint density at radius 2 is 2.06 bits per heavy atom. The highest BCUT2D eigenvalue weighted by atomic mass is 32.2. The second kappa shape index (κ2) is 5.97. The number of rotatable bonds is 5. The maximum absolute atomic E-state index is 4.15. The first kappa shape index (κ1) is 13.0. The Bertz CT molecular complexity index is 493. The van der Waals surface area contributed by atoms with Crippen LogP contribution < -0.4 is 5.32 Å². The Kier molecular flexibility index (Phi) is 4.33. The van der Waals surface area contributed by atoms with Crippen molar-refractivity contribution in [3.05, 3.63) is 35.7 Å². The SMILES string of the molecule is CNC(C)c1ccc(SCc2nnn(C)n2)cc1. The van der Waals surface area contributed by atoms with Crippen LogP contribution in [-0.4, -0.2) is 27.3 Å². The molecule has 0 radical (unpaired) electrons. The molecule has 1 atom stereocenters. The minimum absolute atomic E-state index is 0.380. The van der Waals surface area contributed by atoms with Gasteiger partial charge in [-0.2, -0.15) is 4.80 Å². The first-order valence-corrected chi connectivity index (χ1v) is 6.80. The Morgan fingerprint density at radius 1 is 1.33 bits per heavy atom. The molecule has 0 spiro atoms. The van der Waals surface area contributed by atoms with Crippen molar-refractivity contribution in [1.29, 1.82) is 0 Å². The Morgan fingerprint density at radius 3 is 2.61 bits per heavy atom. The molecule has 2 rings (SSSR count). The second-order valence-corrected chi connectivity index (χ2v) is 5.11. The monoisotopic (exact) mass is 263 g/mol. The lowest BCUT2D eigenvalue weighted by Gasteiger charge is -2.10. The van der Waals surface area contributed by atoms with E-state index < -0.39 is 0 Å². The summed E-state index contributed by atoms with van der Waals surface area (Å²) in [5, 5.41) is 15.1. The maximum Gasteiger partial charge on any atom is 0.184 e. The fourth-order valence-electron chi connectivity index (χ4n) is 1.55. The van der Waals surface area contributed by atoms with Gasteiger partial charge in [0, 0.05) is 10.9 Å². The van der Waals surface area contributed by atoms with Crippen LogP contribution in [0.15, 0.2) is 29.2 Å². The third-order valence-corrected chi connectivity index (χ3v) is 3.74. The van der Waals surface area contributed by atoms with Crippen LogP contribution in [0.1, 0.15) is 24.4 Å². The largest absolute Gasteiger partial charge is 0.313 e. The van der Waals surface area contributed by atoms with Crippen LogP contribution in [0, 0.1) is 0 Å². The molecule has 1 aromatic carbocycles. The first-order chi connectivity index (χ1) is 8.69. The lowest BCUT2D eigenvalue weighted by molar-refractivity contribution is 0.628. The molecule has 6 heteroatoms. The zero-order valence-electron chi connectivity index (χ0n) is 10.8. The highest BCUT2D eigenvalue weighted by molar-refractivity contribution is 7.98. The van der Waals surface area contributed by atoms with Gasteiger partial charge in [0.1, 0.15) is 0 Å². The molecule has 0 aliphatic rings. The molecular weight excluding hydrogens is 246 g/mol. The molecule has 18 heavy (non-hydrogen) atoms. The quantitative estimate of drug-likeness (QED) is 0.833. The molecule has 5 nitrogen and oxygen atoms in total. The van der Waals surface area contributed by atoms with Crippen molar-refractivity contribution in [3.8, 4) is 0 Å². The summed E-state index contributed by atoms with van der Waals surface area (Å²) in [4.78, 5) is 2.70. The number of aromatic nitrogens is 4. The smallest absolute Gasteiger partial charge is 0.184 e. The van der Waals surface area contributed by atoms with Crippen LogP contribution in [0.5, 0.6) is 0 Å². The van der Waals surface area contributed by atoms with Crippen LogP contribution in [0.25, 0.3) is 0 Å². The number of aryl methyl sites for hydroxylation is 1. The van der Waals surface area contributed by atoms with Crippen LogP contribution in [0.3, 0.4) is 0 Å². The molecule has 1 heterocycles. The van der Waals surface area contributed by atoms with E-state index in [1.54, 1.807) is 18.8 Å². The summed E-state index contributed by atoms with van der Waals surface area (Å²) < 4.78 is 0. The first-order valence-electron chi connectivity index (χ1n) is 5.82. The summed E-state index contributed by atoms with van der Waals surface area (Å²) in [6.45, 7) is 2.14. The van der Waals surface area contributed by atoms with Crippen molar-refractivity contribution < 1.29 is 0 Å². The van der Waals surface area contributed by atoms with Gasteiger partial charge < -0.3 is 5.32 Å². The van der Waals surface area contributed by atoms with Crippen LogP contribution in [0.4, 0.5) is 0 Å². The maximum atomic E-state index is 4.15. The molecule has 0 saturated carbocycles. The van der Waals surface area contributed by atoms with Crippen LogP contribution in [-0.2, 0) is 12.8 Å². The van der Waals surface area contributed by atoms with Crippen LogP contribution in [0.2, 0.25) is 0 Å². The van der Waals surface area contributed by atoms with E-state index in [4.69, 9.17) is 0 Å². The van der Waals surface area contributed by atoms with Gasteiger partial charge in [-0.15, -0.1) is 22.0 Å². The van der Waals surface area contributed by atoms with E-state index in [-0.39, 0.29) is 0 Å². The summed E-state index contributed by atoms with van der Waals surface area (Å²) in [7, 11) is 3.74.